The van der Waals surface area contributed by atoms with Gasteiger partial charge in [0.2, 0.25) is 5.88 Å². The van der Waals surface area contributed by atoms with E-state index in [-0.39, 0.29) is 0 Å². The van der Waals surface area contributed by atoms with Gasteiger partial charge in [-0.2, -0.15) is 0 Å². The molecule has 0 bridgehead atoms. The Morgan fingerprint density at radius 1 is 1.12 bits per heavy atom. The highest BCUT2D eigenvalue weighted by Crippen LogP contribution is 2.25. The number of hydrogen-bond donors (Lipinski definition) is 0. The Morgan fingerprint density at radius 2 is 1.94 bits per heavy atom. The van der Waals surface area contributed by atoms with Crippen molar-refractivity contribution in [2.45, 2.75) is 6.92 Å². The number of ether oxygens (including phenoxy) is 1. The van der Waals surface area contributed by atoms with Crippen LogP contribution in [0, 0.1) is 6.92 Å². The van der Waals surface area contributed by atoms with Crippen LogP contribution in [-0.4, -0.2) is 9.97 Å². The van der Waals surface area contributed by atoms with Crippen molar-refractivity contribution >= 4 is 23.2 Å². The molecule has 16 heavy (non-hydrogen) atoms. The van der Waals surface area contributed by atoms with Crippen molar-refractivity contribution in [2.75, 3.05) is 0 Å². The average molecular weight is 255 g/mol. The van der Waals surface area contributed by atoms with Gasteiger partial charge in [-0.25, -0.2) is 9.97 Å². The fourth-order valence-corrected chi connectivity index (χ4v) is 1.44. The molecular weight excluding hydrogens is 247 g/mol. The molecule has 0 atom stereocenters. The van der Waals surface area contributed by atoms with E-state index in [1.54, 1.807) is 6.07 Å². The number of aryl methyl sites for hydroxylation is 1. The predicted molar refractivity (Wildman–Crippen MR) is 63.3 cm³/mol. The lowest BCUT2D eigenvalue weighted by Crippen LogP contribution is -1.89. The second-order valence-electron chi connectivity index (χ2n) is 3.19. The van der Waals surface area contributed by atoms with E-state index >= 15 is 0 Å². The molecule has 0 aliphatic carbocycles. The molecule has 0 unspecified atom stereocenters. The maximum Gasteiger partial charge on any atom is 0.223 e. The van der Waals surface area contributed by atoms with Crippen molar-refractivity contribution < 1.29 is 4.74 Å². The molecule has 0 radical (unpaired) electrons. The SMILES string of the molecule is Cc1ccc(Oc2cc(Cl)ncn2)cc1Cl. The van der Waals surface area contributed by atoms with Gasteiger partial charge in [-0.15, -0.1) is 0 Å². The minimum atomic E-state index is 0.336. The molecule has 1 aromatic heterocycles. The first-order valence-corrected chi connectivity index (χ1v) is 5.32. The summed E-state index contributed by atoms with van der Waals surface area (Å²) in [5, 5.41) is 0.987. The third-order valence-corrected chi connectivity index (χ3v) is 2.59. The minimum Gasteiger partial charge on any atom is -0.439 e. The summed E-state index contributed by atoms with van der Waals surface area (Å²) in [5.74, 6) is 1.00. The van der Waals surface area contributed by atoms with E-state index < -0.39 is 0 Å². The highest BCUT2D eigenvalue weighted by Gasteiger charge is 2.02. The van der Waals surface area contributed by atoms with Crippen LogP contribution >= 0.6 is 23.2 Å². The fourth-order valence-electron chi connectivity index (χ4n) is 1.13. The van der Waals surface area contributed by atoms with E-state index in [1.807, 2.05) is 19.1 Å². The van der Waals surface area contributed by atoms with E-state index in [0.29, 0.717) is 21.8 Å². The highest BCUT2D eigenvalue weighted by atomic mass is 35.5. The van der Waals surface area contributed by atoms with Crippen LogP contribution in [0.5, 0.6) is 11.6 Å². The van der Waals surface area contributed by atoms with Crippen molar-refractivity contribution in [3.05, 3.63) is 46.3 Å². The van der Waals surface area contributed by atoms with Crippen LogP contribution in [0.4, 0.5) is 0 Å². The van der Waals surface area contributed by atoms with Crippen LogP contribution in [0.1, 0.15) is 5.56 Å². The van der Waals surface area contributed by atoms with Gasteiger partial charge in [-0.1, -0.05) is 29.3 Å². The van der Waals surface area contributed by atoms with E-state index in [0.717, 1.165) is 5.56 Å². The lowest BCUT2D eigenvalue weighted by Gasteiger charge is -2.05. The third-order valence-electron chi connectivity index (χ3n) is 1.97. The predicted octanol–water partition coefficient (Wildman–Crippen LogP) is 3.88. The van der Waals surface area contributed by atoms with E-state index in [4.69, 9.17) is 27.9 Å². The Labute approximate surface area is 103 Å². The topological polar surface area (TPSA) is 35.0 Å². The largest absolute Gasteiger partial charge is 0.439 e. The molecule has 0 aliphatic rings. The summed E-state index contributed by atoms with van der Waals surface area (Å²) in [5.41, 5.74) is 0.995. The van der Waals surface area contributed by atoms with Crippen molar-refractivity contribution in [3.8, 4) is 11.6 Å². The normalized spacial score (nSPS) is 10.2. The molecule has 0 saturated carbocycles. The van der Waals surface area contributed by atoms with Crippen LogP contribution in [0.15, 0.2) is 30.6 Å². The number of aromatic nitrogens is 2. The molecule has 2 aromatic rings. The zero-order valence-corrected chi connectivity index (χ0v) is 9.96. The van der Waals surface area contributed by atoms with Crippen molar-refractivity contribution in [2.24, 2.45) is 0 Å². The second-order valence-corrected chi connectivity index (χ2v) is 3.99. The second kappa shape index (κ2) is 4.68. The standard InChI is InChI=1S/C11H8Cl2N2O/c1-7-2-3-8(4-9(7)12)16-11-5-10(13)14-6-15-11/h2-6H,1H3. The lowest BCUT2D eigenvalue weighted by atomic mass is 10.2. The number of hydrogen-bond acceptors (Lipinski definition) is 3. The molecule has 0 spiro atoms. The maximum absolute atomic E-state index is 5.97. The number of halogens is 2. The Bertz CT molecular complexity index is 517. The summed E-state index contributed by atoms with van der Waals surface area (Å²) in [6.07, 6.45) is 1.34. The average Bonchev–Trinajstić information content (AvgIpc) is 2.24. The Kier molecular flexibility index (Phi) is 3.27. The summed E-state index contributed by atoms with van der Waals surface area (Å²) >= 11 is 11.7. The van der Waals surface area contributed by atoms with Gasteiger partial charge < -0.3 is 4.74 Å². The van der Waals surface area contributed by atoms with E-state index in [1.165, 1.54) is 12.4 Å². The quantitative estimate of drug-likeness (QED) is 0.763. The van der Waals surface area contributed by atoms with Crippen molar-refractivity contribution in [1.82, 2.24) is 9.97 Å². The number of benzene rings is 1. The zero-order chi connectivity index (χ0) is 11.5. The fraction of sp³-hybridized carbons (Fsp3) is 0.0909. The summed E-state index contributed by atoms with van der Waals surface area (Å²) < 4.78 is 5.48. The zero-order valence-electron chi connectivity index (χ0n) is 8.45. The molecule has 3 nitrogen and oxygen atoms in total. The van der Waals surface area contributed by atoms with E-state index in [9.17, 15) is 0 Å². The summed E-state index contributed by atoms with van der Waals surface area (Å²) in [6.45, 7) is 1.92. The van der Waals surface area contributed by atoms with Crippen LogP contribution in [0.25, 0.3) is 0 Å². The summed E-state index contributed by atoms with van der Waals surface area (Å²) in [4.78, 5) is 7.69. The van der Waals surface area contributed by atoms with Gasteiger partial charge in [-0.05, 0) is 24.6 Å². The van der Waals surface area contributed by atoms with Gasteiger partial charge in [0.25, 0.3) is 0 Å². The monoisotopic (exact) mass is 254 g/mol. The molecular formula is C11H8Cl2N2O. The van der Waals surface area contributed by atoms with Gasteiger partial charge in [0.15, 0.2) is 0 Å². The molecule has 82 valence electrons. The third kappa shape index (κ3) is 2.62. The maximum atomic E-state index is 5.97. The molecule has 0 N–H and O–H groups in total. The van der Waals surface area contributed by atoms with Gasteiger partial charge >= 0.3 is 0 Å². The first-order chi connectivity index (χ1) is 7.65. The Balaban J connectivity index is 2.24. The molecule has 5 heteroatoms. The van der Waals surface area contributed by atoms with Crippen LogP contribution in [0.2, 0.25) is 10.2 Å². The van der Waals surface area contributed by atoms with Crippen molar-refractivity contribution in [3.63, 3.8) is 0 Å². The number of rotatable bonds is 2. The Hall–Kier alpha value is -1.32. The van der Waals surface area contributed by atoms with Crippen LogP contribution in [0.3, 0.4) is 0 Å². The molecule has 1 heterocycles. The number of nitrogens with zero attached hydrogens (tertiary/aromatic N) is 2. The minimum absolute atomic E-state index is 0.336. The van der Waals surface area contributed by atoms with Crippen LogP contribution < -0.4 is 4.74 Å². The highest BCUT2D eigenvalue weighted by molar-refractivity contribution is 6.31. The van der Waals surface area contributed by atoms with Crippen LogP contribution in [-0.2, 0) is 0 Å². The summed E-state index contributed by atoms with van der Waals surface area (Å²) in [6, 6.07) is 6.96. The van der Waals surface area contributed by atoms with E-state index in [2.05, 4.69) is 9.97 Å². The first-order valence-electron chi connectivity index (χ1n) is 4.57. The molecule has 1 aromatic carbocycles. The van der Waals surface area contributed by atoms with Gasteiger partial charge in [0.1, 0.15) is 17.2 Å². The van der Waals surface area contributed by atoms with Gasteiger partial charge in [0, 0.05) is 11.1 Å². The molecule has 2 rings (SSSR count). The molecule has 0 amide bonds. The van der Waals surface area contributed by atoms with Crippen molar-refractivity contribution in [1.29, 1.82) is 0 Å². The summed E-state index contributed by atoms with van der Waals surface area (Å²) in [7, 11) is 0. The Morgan fingerprint density at radius 3 is 2.62 bits per heavy atom. The van der Waals surface area contributed by atoms with Gasteiger partial charge in [-0.3, -0.25) is 0 Å². The molecule has 0 saturated heterocycles. The smallest absolute Gasteiger partial charge is 0.223 e. The molecule has 0 aliphatic heterocycles. The lowest BCUT2D eigenvalue weighted by molar-refractivity contribution is 0.461. The molecule has 0 fully saturated rings. The van der Waals surface area contributed by atoms with Gasteiger partial charge in [0.05, 0.1) is 0 Å². The first kappa shape index (κ1) is 11.2.